The highest BCUT2D eigenvalue weighted by atomic mass is 32.1. The van der Waals surface area contributed by atoms with Gasteiger partial charge in [0.15, 0.2) is 5.78 Å². The first-order valence-corrected chi connectivity index (χ1v) is 16.0. The van der Waals surface area contributed by atoms with Crippen molar-refractivity contribution in [1.82, 2.24) is 14.8 Å². The summed E-state index contributed by atoms with van der Waals surface area (Å²) in [6.07, 6.45) is 3.47. The smallest absolute Gasteiger partial charge is 0.255 e. The maximum absolute atomic E-state index is 14.1. The zero-order chi connectivity index (χ0) is 30.0. The number of nitrogens with zero attached hydrogens (tertiary/aromatic N) is 3. The lowest BCUT2D eigenvalue weighted by atomic mass is 9.98. The summed E-state index contributed by atoms with van der Waals surface area (Å²) < 4.78 is 0. The molecule has 8 heteroatoms. The van der Waals surface area contributed by atoms with Gasteiger partial charge in [0, 0.05) is 31.5 Å². The van der Waals surface area contributed by atoms with Gasteiger partial charge in [-0.15, -0.1) is 11.3 Å². The highest BCUT2D eigenvalue weighted by Gasteiger charge is 2.45. The van der Waals surface area contributed by atoms with E-state index in [9.17, 15) is 19.5 Å². The second-order valence-corrected chi connectivity index (χ2v) is 12.9. The molecule has 1 N–H and O–H groups in total. The van der Waals surface area contributed by atoms with Crippen molar-refractivity contribution < 1.29 is 19.5 Å². The van der Waals surface area contributed by atoms with E-state index in [2.05, 4.69) is 30.1 Å². The van der Waals surface area contributed by atoms with Crippen LogP contribution in [0, 0.1) is 12.8 Å². The molecule has 3 aromatic rings. The number of hydrogen-bond donors (Lipinski definition) is 1. The summed E-state index contributed by atoms with van der Waals surface area (Å²) in [5.41, 5.74) is 7.81. The number of rotatable bonds is 11. The van der Waals surface area contributed by atoms with E-state index in [1.807, 2.05) is 50.5 Å². The summed E-state index contributed by atoms with van der Waals surface area (Å²) in [5.74, 6) is -0.596. The Morgan fingerprint density at radius 1 is 1.10 bits per heavy atom. The molecule has 222 valence electrons. The number of likely N-dealkylation sites (tertiary alicyclic amines) is 1. The molecule has 7 nitrogen and oxygen atoms in total. The third-order valence-electron chi connectivity index (χ3n) is 8.60. The van der Waals surface area contributed by atoms with Gasteiger partial charge in [-0.25, -0.2) is 4.98 Å². The van der Waals surface area contributed by atoms with Crippen molar-refractivity contribution in [3.63, 3.8) is 0 Å². The van der Waals surface area contributed by atoms with Crippen LogP contribution in [0.2, 0.25) is 0 Å². The van der Waals surface area contributed by atoms with Crippen LogP contribution in [0.1, 0.15) is 79.2 Å². The maximum Gasteiger partial charge on any atom is 0.255 e. The molecule has 1 fully saturated rings. The number of Topliss-reactive ketones (excluding diaryl/α,β-unsaturated/α-hetero) is 1. The maximum atomic E-state index is 14.1. The van der Waals surface area contributed by atoms with Gasteiger partial charge in [-0.2, -0.15) is 0 Å². The van der Waals surface area contributed by atoms with Gasteiger partial charge in [-0.3, -0.25) is 14.4 Å². The second-order valence-electron chi connectivity index (χ2n) is 12.0. The molecule has 0 unspecified atom stereocenters. The first-order valence-electron chi connectivity index (χ1n) is 15.1. The first kappa shape index (κ1) is 30.1. The number of thiazole rings is 1. The molecule has 3 heterocycles. The van der Waals surface area contributed by atoms with Crippen molar-refractivity contribution in [2.75, 3.05) is 6.54 Å². The molecular weight excluding hydrogens is 546 g/mol. The molecule has 3 atom stereocenters. The number of unbranched alkanes of at least 4 members (excludes halogenated alkanes) is 1. The van der Waals surface area contributed by atoms with Gasteiger partial charge in [0.05, 0.1) is 28.2 Å². The number of ketones is 1. The molecule has 0 bridgehead atoms. The Kier molecular flexibility index (Phi) is 9.23. The van der Waals surface area contributed by atoms with Crippen LogP contribution < -0.4 is 0 Å². The van der Waals surface area contributed by atoms with Crippen LogP contribution in [0.15, 0.2) is 48.0 Å². The van der Waals surface area contributed by atoms with Crippen molar-refractivity contribution in [1.29, 1.82) is 0 Å². The quantitative estimate of drug-likeness (QED) is 0.315. The molecule has 0 aliphatic carbocycles. The van der Waals surface area contributed by atoms with E-state index < -0.39 is 18.2 Å². The van der Waals surface area contributed by atoms with E-state index >= 15 is 0 Å². The fourth-order valence-corrected chi connectivity index (χ4v) is 7.12. The van der Waals surface area contributed by atoms with Gasteiger partial charge < -0.3 is 14.9 Å². The molecule has 1 saturated heterocycles. The highest BCUT2D eigenvalue weighted by molar-refractivity contribution is 7.13. The van der Waals surface area contributed by atoms with Crippen molar-refractivity contribution in [2.45, 2.75) is 91.0 Å². The fraction of sp³-hybridized carbons (Fsp3) is 0.471. The lowest BCUT2D eigenvalue weighted by Crippen LogP contribution is -2.54. The average molecular weight is 588 g/mol. The number of aromatic nitrogens is 1. The molecule has 5 rings (SSSR count). The van der Waals surface area contributed by atoms with Crippen LogP contribution in [-0.2, 0) is 29.0 Å². The van der Waals surface area contributed by atoms with Crippen LogP contribution in [-0.4, -0.2) is 62.2 Å². The molecule has 2 aliphatic rings. The Balaban J connectivity index is 1.27. The van der Waals surface area contributed by atoms with Crippen molar-refractivity contribution in [2.24, 2.45) is 5.92 Å². The van der Waals surface area contributed by atoms with Gasteiger partial charge in [0.1, 0.15) is 6.04 Å². The molecule has 2 aliphatic heterocycles. The number of aryl methyl sites for hydroxylation is 3. The van der Waals surface area contributed by atoms with Crippen LogP contribution in [0.25, 0.3) is 10.4 Å². The van der Waals surface area contributed by atoms with Crippen molar-refractivity contribution >= 4 is 28.9 Å². The van der Waals surface area contributed by atoms with E-state index in [-0.39, 0.29) is 42.9 Å². The van der Waals surface area contributed by atoms with Gasteiger partial charge in [-0.05, 0) is 60.4 Å². The topological polar surface area (TPSA) is 90.8 Å². The standard InChI is InChI=1S/C34H41N3O4S/c1-5-6-7-24-10-14-28-26(16-24)18-37(33(28)40)31(21(2)3)34(41)36-19-27(38)17-29(36)30(39)15-11-23-8-12-25(13-9-23)32-22(4)35-20-42-32/h8-10,12-14,16,20-21,27,29,31,38H,5-7,11,15,17-19H2,1-4H3/t27-,29+,31+/m1/s1. The first-order chi connectivity index (χ1) is 20.2. The number of carbonyl (C=O) groups excluding carboxylic acids is 3. The van der Waals surface area contributed by atoms with Gasteiger partial charge in [0.25, 0.3) is 5.91 Å². The summed E-state index contributed by atoms with van der Waals surface area (Å²) in [7, 11) is 0. The number of aliphatic hydroxyl groups is 1. The fourth-order valence-electron chi connectivity index (χ4n) is 6.30. The van der Waals surface area contributed by atoms with Crippen molar-refractivity contribution in [3.05, 3.63) is 75.9 Å². The molecular formula is C34H41N3O4S. The molecule has 0 radical (unpaired) electrons. The van der Waals surface area contributed by atoms with Gasteiger partial charge in [0.2, 0.25) is 5.91 Å². The van der Waals surface area contributed by atoms with E-state index in [0.717, 1.165) is 46.5 Å². The molecule has 2 aromatic carbocycles. The largest absolute Gasteiger partial charge is 0.391 e. The third kappa shape index (κ3) is 6.20. The zero-order valence-electron chi connectivity index (χ0n) is 25.0. The number of carbonyl (C=O) groups is 3. The summed E-state index contributed by atoms with van der Waals surface area (Å²) in [5, 5.41) is 10.5. The minimum Gasteiger partial charge on any atom is -0.391 e. The average Bonchev–Trinajstić information content (AvgIpc) is 3.67. The van der Waals surface area contributed by atoms with Gasteiger partial charge in [-0.1, -0.05) is 63.6 Å². The second kappa shape index (κ2) is 12.9. The predicted molar refractivity (Wildman–Crippen MR) is 165 cm³/mol. The molecule has 42 heavy (non-hydrogen) atoms. The van der Waals surface area contributed by atoms with Crippen LogP contribution in [0.5, 0.6) is 0 Å². The number of fused-ring (bicyclic) bond motifs is 1. The Labute approximate surface area is 252 Å². The lowest BCUT2D eigenvalue weighted by molar-refractivity contribution is -0.142. The van der Waals surface area contributed by atoms with Crippen LogP contribution >= 0.6 is 11.3 Å². The van der Waals surface area contributed by atoms with Crippen LogP contribution in [0.4, 0.5) is 0 Å². The Morgan fingerprint density at radius 3 is 2.50 bits per heavy atom. The zero-order valence-corrected chi connectivity index (χ0v) is 25.8. The summed E-state index contributed by atoms with van der Waals surface area (Å²) >= 11 is 1.61. The predicted octanol–water partition coefficient (Wildman–Crippen LogP) is 5.61. The summed E-state index contributed by atoms with van der Waals surface area (Å²) in [6, 6.07) is 12.8. The van der Waals surface area contributed by atoms with Gasteiger partial charge >= 0.3 is 0 Å². The number of aliphatic hydroxyl groups excluding tert-OH is 1. The Bertz CT molecular complexity index is 1450. The van der Waals surface area contributed by atoms with E-state index in [1.54, 1.807) is 16.2 Å². The van der Waals surface area contributed by atoms with E-state index in [1.165, 1.54) is 10.5 Å². The minimum atomic E-state index is -0.759. The number of β-amino-alcohol motifs (C(OH)–C–C–N with tert-alkyl or cyclic N) is 1. The normalized spacial score (nSPS) is 19.0. The minimum absolute atomic E-state index is 0.0543. The van der Waals surface area contributed by atoms with Crippen molar-refractivity contribution in [3.8, 4) is 10.4 Å². The van der Waals surface area contributed by atoms with E-state index in [0.29, 0.717) is 18.5 Å². The number of amides is 2. The van der Waals surface area contributed by atoms with Crippen LogP contribution in [0.3, 0.4) is 0 Å². The molecule has 0 spiro atoms. The monoisotopic (exact) mass is 587 g/mol. The summed E-state index contributed by atoms with van der Waals surface area (Å²) in [4.78, 5) is 49.7. The third-order valence-corrected chi connectivity index (χ3v) is 9.57. The summed E-state index contributed by atoms with van der Waals surface area (Å²) in [6.45, 7) is 8.52. The lowest BCUT2D eigenvalue weighted by Gasteiger charge is -2.35. The number of hydrogen-bond acceptors (Lipinski definition) is 6. The molecule has 2 amide bonds. The SMILES string of the molecule is CCCCc1ccc2c(c1)CN([C@H](C(=O)N1C[C@H](O)C[C@H]1C(=O)CCc1ccc(-c3scnc3C)cc1)C(C)C)C2=O. The molecule has 0 saturated carbocycles. The highest BCUT2D eigenvalue weighted by Crippen LogP contribution is 2.32. The Hall–Kier alpha value is -3.36. The Morgan fingerprint density at radius 2 is 1.83 bits per heavy atom. The number of benzene rings is 2. The molecule has 1 aromatic heterocycles. The van der Waals surface area contributed by atoms with E-state index in [4.69, 9.17) is 0 Å².